The van der Waals surface area contributed by atoms with E-state index >= 15 is 0 Å². The van der Waals surface area contributed by atoms with Crippen molar-refractivity contribution in [3.63, 3.8) is 0 Å². The third-order valence-corrected chi connectivity index (χ3v) is 1.79. The molecule has 0 unspecified atom stereocenters. The van der Waals surface area contributed by atoms with Crippen LogP contribution in [0.1, 0.15) is 1.43 Å². The van der Waals surface area contributed by atoms with Crippen molar-refractivity contribution in [3.8, 4) is 0 Å². The molecule has 0 aliphatic carbocycles. The zero-order valence-corrected chi connectivity index (χ0v) is 10.2. The van der Waals surface area contributed by atoms with Crippen LogP contribution in [-0.4, -0.2) is 18.9 Å². The molecule has 0 radical (unpaired) electrons. The Balaban J connectivity index is 0. The quantitative estimate of drug-likeness (QED) is 0.474. The van der Waals surface area contributed by atoms with Gasteiger partial charge in [0.25, 0.3) is 0 Å². The monoisotopic (exact) mass is 250 g/mol. The Morgan fingerprint density at radius 1 is 0.812 bits per heavy atom. The SMILES string of the molecule is FC(F)(F)B(c1ccccc1)C(F)(F)F.[H-].[Na+]. The van der Waals surface area contributed by atoms with Gasteiger partial charge in [0.2, 0.25) is 0 Å². The minimum Gasteiger partial charge on any atom is -1.00 e. The van der Waals surface area contributed by atoms with Crippen molar-refractivity contribution in [3.05, 3.63) is 30.3 Å². The fraction of sp³-hybridized carbons (Fsp3) is 0.250. The van der Waals surface area contributed by atoms with Gasteiger partial charge >= 0.3 is 48.4 Å². The molecule has 0 nitrogen and oxygen atoms in total. The molecule has 0 saturated heterocycles. The molecule has 16 heavy (non-hydrogen) atoms. The largest absolute Gasteiger partial charge is 1.00 e. The Hall–Kier alpha value is -0.135. The minimum absolute atomic E-state index is 0. The normalized spacial score (nSPS) is 11.9. The maximum Gasteiger partial charge on any atom is 1.00 e. The van der Waals surface area contributed by atoms with Gasteiger partial charge in [0, 0.05) is 0 Å². The third-order valence-electron chi connectivity index (χ3n) is 1.79. The van der Waals surface area contributed by atoms with Crippen LogP contribution in [0.3, 0.4) is 0 Å². The van der Waals surface area contributed by atoms with E-state index in [0.29, 0.717) is 0 Å². The molecule has 0 atom stereocenters. The summed E-state index contributed by atoms with van der Waals surface area (Å²) in [6, 6.07) is 5.25. The van der Waals surface area contributed by atoms with Gasteiger partial charge in [-0.1, -0.05) is 35.8 Å². The molecule has 1 aromatic rings. The van der Waals surface area contributed by atoms with Crippen molar-refractivity contribution in [2.24, 2.45) is 0 Å². The summed E-state index contributed by atoms with van der Waals surface area (Å²) in [5.74, 6) is 0. The first-order valence-electron chi connectivity index (χ1n) is 3.91. The molecule has 1 rings (SSSR count). The molecule has 0 fully saturated rings. The average molecular weight is 250 g/mol. The molecule has 0 amide bonds. The summed E-state index contributed by atoms with van der Waals surface area (Å²) >= 11 is 0. The smallest absolute Gasteiger partial charge is 1.00 e. The molecule has 8 heteroatoms. The van der Waals surface area contributed by atoms with E-state index in [9.17, 15) is 26.3 Å². The number of halogens is 6. The van der Waals surface area contributed by atoms with Crippen LogP contribution in [-0.2, 0) is 0 Å². The van der Waals surface area contributed by atoms with Crippen molar-refractivity contribution in [2.75, 3.05) is 0 Å². The molecule has 0 N–H and O–H groups in total. The summed E-state index contributed by atoms with van der Waals surface area (Å²) in [4.78, 5) is 0. The molecule has 0 aliphatic rings. The van der Waals surface area contributed by atoms with Crippen LogP contribution in [0.15, 0.2) is 30.3 Å². The molecule has 84 valence electrons. The van der Waals surface area contributed by atoms with Crippen LogP contribution in [0.2, 0.25) is 0 Å². The Morgan fingerprint density at radius 2 is 1.19 bits per heavy atom. The summed E-state index contributed by atoms with van der Waals surface area (Å²) in [6.45, 7) is -3.41. The van der Waals surface area contributed by atoms with Crippen molar-refractivity contribution in [2.45, 2.75) is 12.2 Å². The first kappa shape index (κ1) is 15.9. The van der Waals surface area contributed by atoms with Crippen LogP contribution in [0.5, 0.6) is 0 Å². The van der Waals surface area contributed by atoms with E-state index in [4.69, 9.17) is 0 Å². The van der Waals surface area contributed by atoms with Gasteiger partial charge in [-0.05, 0) is 0 Å². The van der Waals surface area contributed by atoms with Gasteiger partial charge in [-0.2, -0.15) is 26.3 Å². The van der Waals surface area contributed by atoms with Gasteiger partial charge in [-0.3, -0.25) is 0 Å². The standard InChI is InChI=1S/C8H5BF6.Na.H/c10-7(11,12)9(8(13,14)15)6-4-2-1-3-5-6;;/h1-5H;;/q;+1;-1. The Labute approximate surface area is 112 Å². The molecule has 0 saturated carbocycles. The Bertz CT molecular complexity index is 311. The molecule has 0 spiro atoms. The molecule has 0 bridgehead atoms. The first-order chi connectivity index (χ1) is 6.73. The van der Waals surface area contributed by atoms with E-state index in [1.165, 1.54) is 6.07 Å². The number of alkyl halides is 6. The zero-order valence-electron chi connectivity index (χ0n) is 9.23. The fourth-order valence-corrected chi connectivity index (χ4v) is 1.21. The van der Waals surface area contributed by atoms with Crippen LogP contribution in [0.25, 0.3) is 0 Å². The second-order valence-electron chi connectivity index (χ2n) is 2.93. The molecular formula is C8H6BF6Na. The second kappa shape index (κ2) is 5.47. The maximum absolute atomic E-state index is 12.2. The third kappa shape index (κ3) is 4.03. The van der Waals surface area contributed by atoms with E-state index in [-0.39, 0.29) is 31.0 Å². The Morgan fingerprint density at radius 3 is 1.50 bits per heavy atom. The molecule has 0 aliphatic heterocycles. The van der Waals surface area contributed by atoms with Crippen molar-refractivity contribution >= 4 is 12.2 Å². The average Bonchev–Trinajstić information content (AvgIpc) is 2.00. The Kier molecular flexibility index (Phi) is 5.42. The minimum atomic E-state index is -5.32. The van der Waals surface area contributed by atoms with Crippen molar-refractivity contribution < 1.29 is 57.3 Å². The summed E-state index contributed by atoms with van der Waals surface area (Å²) < 4.78 is 73.1. The summed E-state index contributed by atoms with van der Waals surface area (Å²) in [6.07, 6.45) is -10.6. The first-order valence-corrected chi connectivity index (χ1v) is 3.91. The van der Waals surface area contributed by atoms with Crippen LogP contribution in [0, 0.1) is 0 Å². The predicted octanol–water partition coefficient (Wildman–Crippen LogP) is -0.292. The van der Waals surface area contributed by atoms with E-state index < -0.39 is 24.3 Å². The van der Waals surface area contributed by atoms with E-state index in [2.05, 4.69) is 0 Å². The van der Waals surface area contributed by atoms with E-state index in [1.54, 1.807) is 0 Å². The zero-order chi connectivity index (χ0) is 11.7. The fourth-order valence-electron chi connectivity index (χ4n) is 1.21. The molecular weight excluding hydrogens is 244 g/mol. The molecule has 1 aromatic carbocycles. The number of hydrogen-bond acceptors (Lipinski definition) is 0. The summed E-state index contributed by atoms with van der Waals surface area (Å²) in [7, 11) is 0. The number of hydrogen-bond donors (Lipinski definition) is 0. The molecule has 0 heterocycles. The van der Waals surface area contributed by atoms with Gasteiger partial charge in [-0.25, -0.2) is 0 Å². The van der Waals surface area contributed by atoms with Gasteiger partial charge in [-0.15, -0.1) is 0 Å². The number of benzene rings is 1. The van der Waals surface area contributed by atoms with E-state index in [0.717, 1.165) is 24.3 Å². The van der Waals surface area contributed by atoms with Crippen molar-refractivity contribution in [1.29, 1.82) is 0 Å². The summed E-state index contributed by atoms with van der Waals surface area (Å²) in [5, 5.41) is 0. The maximum atomic E-state index is 12.2. The second-order valence-corrected chi connectivity index (χ2v) is 2.93. The van der Waals surface area contributed by atoms with E-state index in [1.807, 2.05) is 0 Å². The predicted molar refractivity (Wildman–Crippen MR) is 45.1 cm³/mol. The summed E-state index contributed by atoms with van der Waals surface area (Å²) in [5.41, 5.74) is -0.794. The topological polar surface area (TPSA) is 0 Å². The van der Waals surface area contributed by atoms with Gasteiger partial charge < -0.3 is 1.43 Å². The number of rotatable bonds is 1. The molecule has 0 aromatic heterocycles. The van der Waals surface area contributed by atoms with Gasteiger partial charge in [0.15, 0.2) is 0 Å². The van der Waals surface area contributed by atoms with Crippen LogP contribution >= 0.6 is 0 Å². The van der Waals surface area contributed by atoms with Gasteiger partial charge in [0.1, 0.15) is 0 Å². The van der Waals surface area contributed by atoms with Crippen molar-refractivity contribution in [1.82, 2.24) is 0 Å². The van der Waals surface area contributed by atoms with Gasteiger partial charge in [0.05, 0.1) is 0 Å². The van der Waals surface area contributed by atoms with Crippen LogP contribution < -0.4 is 35.0 Å². The van der Waals surface area contributed by atoms with Crippen LogP contribution in [0.4, 0.5) is 26.3 Å².